The molecule has 0 spiro atoms. The Labute approximate surface area is 104 Å². The molecule has 0 amide bonds. The van der Waals surface area contributed by atoms with Crippen molar-refractivity contribution >= 4 is 0 Å². The van der Waals surface area contributed by atoms with Gasteiger partial charge in [-0.05, 0) is 32.9 Å². The van der Waals surface area contributed by atoms with Crippen molar-refractivity contribution in [3.8, 4) is 17.6 Å². The zero-order valence-corrected chi connectivity index (χ0v) is 10.9. The molecule has 0 saturated carbocycles. The van der Waals surface area contributed by atoms with Gasteiger partial charge in [-0.1, -0.05) is 24.1 Å². The van der Waals surface area contributed by atoms with Gasteiger partial charge in [0.15, 0.2) is 0 Å². The van der Waals surface area contributed by atoms with Gasteiger partial charge >= 0.3 is 0 Å². The van der Waals surface area contributed by atoms with E-state index in [1.807, 2.05) is 30.3 Å². The lowest BCUT2D eigenvalue weighted by atomic mass is 9.97. The van der Waals surface area contributed by atoms with Gasteiger partial charge in [0.1, 0.15) is 12.4 Å². The van der Waals surface area contributed by atoms with E-state index in [1.165, 1.54) is 0 Å². The first kappa shape index (κ1) is 13.6. The largest absolute Gasteiger partial charge is 0.492 e. The predicted molar refractivity (Wildman–Crippen MR) is 71.8 cm³/mol. The molecule has 92 valence electrons. The smallest absolute Gasteiger partial charge is 0.119 e. The van der Waals surface area contributed by atoms with E-state index in [9.17, 15) is 0 Å². The van der Waals surface area contributed by atoms with Crippen molar-refractivity contribution in [2.45, 2.75) is 33.2 Å². The Kier molecular flexibility index (Phi) is 5.06. The summed E-state index contributed by atoms with van der Waals surface area (Å²) in [6.45, 7) is 6.77. The second-order valence-electron chi connectivity index (χ2n) is 5.14. The lowest BCUT2D eigenvalue weighted by molar-refractivity contribution is 0.290. The molecule has 1 aromatic rings. The highest BCUT2D eigenvalue weighted by atomic mass is 16.5. The van der Waals surface area contributed by atoms with E-state index in [1.54, 1.807) is 0 Å². The molecular formula is C15H21NO. The first-order valence-electron chi connectivity index (χ1n) is 5.91. The van der Waals surface area contributed by atoms with E-state index in [0.29, 0.717) is 13.0 Å². The van der Waals surface area contributed by atoms with Gasteiger partial charge in [-0.2, -0.15) is 0 Å². The molecule has 0 aliphatic carbocycles. The zero-order chi connectivity index (χ0) is 12.7. The highest BCUT2D eigenvalue weighted by molar-refractivity contribution is 5.21. The van der Waals surface area contributed by atoms with Crippen molar-refractivity contribution in [1.82, 2.24) is 0 Å². The summed E-state index contributed by atoms with van der Waals surface area (Å²) < 4.78 is 5.56. The molecule has 0 saturated heterocycles. The van der Waals surface area contributed by atoms with Crippen molar-refractivity contribution < 1.29 is 4.74 Å². The normalized spacial score (nSPS) is 12.5. The second-order valence-corrected chi connectivity index (χ2v) is 5.14. The molecular weight excluding hydrogens is 210 g/mol. The lowest BCUT2D eigenvalue weighted by Gasteiger charge is -2.11. The summed E-state index contributed by atoms with van der Waals surface area (Å²) in [4.78, 5) is 0. The van der Waals surface area contributed by atoms with Gasteiger partial charge in [-0.15, -0.1) is 5.92 Å². The molecule has 1 unspecified atom stereocenters. The van der Waals surface area contributed by atoms with Crippen LogP contribution in [-0.4, -0.2) is 12.6 Å². The van der Waals surface area contributed by atoms with E-state index in [0.717, 1.165) is 5.75 Å². The van der Waals surface area contributed by atoms with Crippen LogP contribution in [0, 0.1) is 17.3 Å². The Bertz CT molecular complexity index is 381. The fourth-order valence-electron chi connectivity index (χ4n) is 1.23. The van der Waals surface area contributed by atoms with Gasteiger partial charge < -0.3 is 10.5 Å². The number of ether oxygens (including phenoxy) is 1. The monoisotopic (exact) mass is 231 g/mol. The highest BCUT2D eigenvalue weighted by Gasteiger charge is 2.05. The average Bonchev–Trinajstić information content (AvgIpc) is 2.26. The maximum atomic E-state index is 5.92. The first-order chi connectivity index (χ1) is 7.97. The summed E-state index contributed by atoms with van der Waals surface area (Å²) in [5.41, 5.74) is 5.97. The fraction of sp³-hybridized carbons (Fsp3) is 0.467. The van der Waals surface area contributed by atoms with Crippen LogP contribution < -0.4 is 10.5 Å². The molecule has 2 N–H and O–H groups in total. The third kappa shape index (κ3) is 6.65. The van der Waals surface area contributed by atoms with Crippen molar-refractivity contribution in [3.05, 3.63) is 30.3 Å². The summed E-state index contributed by atoms with van der Waals surface area (Å²) in [6, 6.07) is 9.66. The van der Waals surface area contributed by atoms with Gasteiger partial charge in [0.25, 0.3) is 0 Å². The summed E-state index contributed by atoms with van der Waals surface area (Å²) in [5.74, 6) is 7.13. The lowest BCUT2D eigenvalue weighted by Crippen LogP contribution is -2.27. The minimum Gasteiger partial charge on any atom is -0.492 e. The highest BCUT2D eigenvalue weighted by Crippen LogP contribution is 2.10. The van der Waals surface area contributed by atoms with Crippen LogP contribution in [0.4, 0.5) is 0 Å². The molecule has 0 aromatic heterocycles. The number of hydrogen-bond acceptors (Lipinski definition) is 2. The molecule has 0 radical (unpaired) electrons. The maximum absolute atomic E-state index is 5.92. The van der Waals surface area contributed by atoms with E-state index in [4.69, 9.17) is 10.5 Å². The average molecular weight is 231 g/mol. The number of hydrogen-bond donors (Lipinski definition) is 1. The van der Waals surface area contributed by atoms with Gasteiger partial charge in [-0.3, -0.25) is 0 Å². The predicted octanol–water partition coefficient (Wildman–Crippen LogP) is 2.83. The molecule has 1 rings (SSSR count). The maximum Gasteiger partial charge on any atom is 0.119 e. The van der Waals surface area contributed by atoms with E-state index in [-0.39, 0.29) is 11.5 Å². The Morgan fingerprint density at radius 2 is 1.88 bits per heavy atom. The minimum atomic E-state index is -0.0370. The van der Waals surface area contributed by atoms with Gasteiger partial charge in [0.2, 0.25) is 0 Å². The van der Waals surface area contributed by atoms with Crippen molar-refractivity contribution in [1.29, 1.82) is 0 Å². The number of rotatable bonds is 4. The Balaban J connectivity index is 2.30. The Hall–Kier alpha value is -1.46. The van der Waals surface area contributed by atoms with Crippen LogP contribution in [0.2, 0.25) is 0 Å². The van der Waals surface area contributed by atoms with E-state index in [2.05, 4.69) is 32.6 Å². The summed E-state index contributed by atoms with van der Waals surface area (Å²) in [6.07, 6.45) is 0.671. The van der Waals surface area contributed by atoms with Crippen molar-refractivity contribution in [3.63, 3.8) is 0 Å². The van der Waals surface area contributed by atoms with Gasteiger partial charge in [-0.25, -0.2) is 0 Å². The van der Waals surface area contributed by atoms with E-state index >= 15 is 0 Å². The summed E-state index contributed by atoms with van der Waals surface area (Å²) >= 11 is 0. The molecule has 1 atom stereocenters. The number of benzene rings is 1. The third-order valence-corrected chi connectivity index (χ3v) is 2.03. The van der Waals surface area contributed by atoms with Gasteiger partial charge in [0.05, 0.1) is 0 Å². The molecule has 0 bridgehead atoms. The zero-order valence-electron chi connectivity index (χ0n) is 10.9. The molecule has 1 aromatic carbocycles. The van der Waals surface area contributed by atoms with E-state index < -0.39 is 0 Å². The molecule has 17 heavy (non-hydrogen) atoms. The fourth-order valence-corrected chi connectivity index (χ4v) is 1.23. The van der Waals surface area contributed by atoms with Crippen LogP contribution in [0.3, 0.4) is 0 Å². The Morgan fingerprint density at radius 3 is 2.47 bits per heavy atom. The third-order valence-electron chi connectivity index (χ3n) is 2.03. The van der Waals surface area contributed by atoms with Gasteiger partial charge in [0, 0.05) is 17.9 Å². The van der Waals surface area contributed by atoms with Crippen LogP contribution >= 0.6 is 0 Å². The van der Waals surface area contributed by atoms with Crippen LogP contribution in [0.25, 0.3) is 0 Å². The Morgan fingerprint density at radius 1 is 1.24 bits per heavy atom. The standard InChI is InChI=1S/C15H21NO/c1-15(2,3)11-7-8-13(16)12-17-14-9-5-4-6-10-14/h4-6,9-10,13H,8,12,16H2,1-3H3. The van der Waals surface area contributed by atoms with Crippen LogP contribution in [0.15, 0.2) is 30.3 Å². The van der Waals surface area contributed by atoms with Crippen molar-refractivity contribution in [2.24, 2.45) is 11.1 Å². The number of nitrogens with two attached hydrogens (primary N) is 1. The van der Waals surface area contributed by atoms with Crippen LogP contribution in [-0.2, 0) is 0 Å². The number of para-hydroxylation sites is 1. The minimum absolute atomic E-state index is 0.0370. The second kappa shape index (κ2) is 6.32. The molecule has 0 heterocycles. The summed E-state index contributed by atoms with van der Waals surface area (Å²) in [7, 11) is 0. The molecule has 0 aliphatic rings. The van der Waals surface area contributed by atoms with Crippen LogP contribution in [0.1, 0.15) is 27.2 Å². The van der Waals surface area contributed by atoms with Crippen LogP contribution in [0.5, 0.6) is 5.75 Å². The quantitative estimate of drug-likeness (QED) is 0.809. The molecule has 2 heteroatoms. The topological polar surface area (TPSA) is 35.2 Å². The first-order valence-corrected chi connectivity index (χ1v) is 5.91. The SMILES string of the molecule is CC(C)(C)C#CCC(N)COc1ccccc1. The van der Waals surface area contributed by atoms with Crippen molar-refractivity contribution in [2.75, 3.05) is 6.61 Å². The molecule has 0 aliphatic heterocycles. The molecule has 2 nitrogen and oxygen atoms in total. The molecule has 0 fully saturated rings. The summed E-state index contributed by atoms with van der Waals surface area (Å²) in [5, 5.41) is 0.